The number of nitrogens with zero attached hydrogens (tertiary/aromatic N) is 1. The van der Waals surface area contributed by atoms with E-state index >= 15 is 0 Å². The zero-order valence-electron chi connectivity index (χ0n) is 21.8. The van der Waals surface area contributed by atoms with Gasteiger partial charge in [-0.05, 0) is 48.9 Å². The number of hydrogen-bond donors (Lipinski definition) is 2. The van der Waals surface area contributed by atoms with Crippen molar-refractivity contribution in [3.8, 4) is 28.7 Å². The van der Waals surface area contributed by atoms with Crippen LogP contribution in [0.5, 0.6) is 17.2 Å². The molecule has 1 aromatic heterocycles. The first-order chi connectivity index (χ1) is 18.9. The summed E-state index contributed by atoms with van der Waals surface area (Å²) >= 11 is 0. The summed E-state index contributed by atoms with van der Waals surface area (Å²) in [4.78, 5) is 28.6. The minimum atomic E-state index is -1.14. The molecule has 2 N–H and O–H groups in total. The average Bonchev–Trinajstić information content (AvgIpc) is 3.33. The van der Waals surface area contributed by atoms with Crippen LogP contribution in [0.4, 0.5) is 0 Å². The fourth-order valence-electron chi connectivity index (χ4n) is 3.86. The molecular formula is C30H30N2O7. The Morgan fingerprint density at radius 3 is 2.41 bits per heavy atom. The molecule has 0 aliphatic carbocycles. The highest BCUT2D eigenvalue weighted by molar-refractivity contribution is 5.84. The number of benzene rings is 3. The molecular weight excluding hydrogens is 500 g/mol. The van der Waals surface area contributed by atoms with Crippen LogP contribution in [0.25, 0.3) is 11.5 Å². The molecule has 0 spiro atoms. The lowest BCUT2D eigenvalue weighted by Crippen LogP contribution is -2.44. The number of methoxy groups -OCH3 is 1. The second-order valence-electron chi connectivity index (χ2n) is 8.76. The van der Waals surface area contributed by atoms with Gasteiger partial charge in [0.05, 0.1) is 19.4 Å². The summed E-state index contributed by atoms with van der Waals surface area (Å²) in [7, 11) is 1.53. The summed E-state index contributed by atoms with van der Waals surface area (Å²) in [5.41, 5.74) is 2.49. The van der Waals surface area contributed by atoms with Gasteiger partial charge in [0.1, 0.15) is 29.1 Å². The van der Waals surface area contributed by atoms with E-state index in [1.807, 2.05) is 37.3 Å². The third-order valence-electron chi connectivity index (χ3n) is 5.93. The van der Waals surface area contributed by atoms with Crippen molar-refractivity contribution in [2.75, 3.05) is 20.3 Å². The number of hydrogen-bond acceptors (Lipinski definition) is 7. The van der Waals surface area contributed by atoms with Crippen LogP contribution < -0.4 is 19.5 Å². The molecule has 1 heterocycles. The van der Waals surface area contributed by atoms with Crippen molar-refractivity contribution in [2.24, 2.45) is 0 Å². The van der Waals surface area contributed by atoms with Crippen molar-refractivity contribution in [2.45, 2.75) is 25.8 Å². The Morgan fingerprint density at radius 1 is 0.949 bits per heavy atom. The van der Waals surface area contributed by atoms with Crippen molar-refractivity contribution in [3.05, 3.63) is 95.9 Å². The number of nitrogens with one attached hydrogen (secondary N) is 1. The minimum absolute atomic E-state index is 0.112. The van der Waals surface area contributed by atoms with Gasteiger partial charge in [-0.15, -0.1) is 0 Å². The lowest BCUT2D eigenvalue weighted by molar-refractivity contribution is -0.142. The number of amides is 1. The Labute approximate surface area is 226 Å². The van der Waals surface area contributed by atoms with Gasteiger partial charge in [-0.25, -0.2) is 9.78 Å². The number of aliphatic carboxylic acids is 1. The molecule has 4 aromatic rings. The number of oxazole rings is 1. The molecule has 0 aliphatic rings. The van der Waals surface area contributed by atoms with Gasteiger partial charge < -0.3 is 29.1 Å². The molecule has 0 saturated carbocycles. The van der Waals surface area contributed by atoms with E-state index in [4.69, 9.17) is 18.6 Å². The quantitative estimate of drug-likeness (QED) is 0.260. The number of carboxylic acid groups (broad SMARTS) is 1. The summed E-state index contributed by atoms with van der Waals surface area (Å²) in [6.07, 6.45) is 0.690. The first kappa shape index (κ1) is 27.3. The average molecular weight is 531 g/mol. The number of carboxylic acids is 1. The Hall–Kier alpha value is -4.79. The van der Waals surface area contributed by atoms with Gasteiger partial charge in [-0.1, -0.05) is 36.4 Å². The zero-order valence-corrected chi connectivity index (χ0v) is 21.8. The first-order valence-electron chi connectivity index (χ1n) is 12.4. The highest BCUT2D eigenvalue weighted by atomic mass is 16.5. The van der Waals surface area contributed by atoms with Gasteiger partial charge >= 0.3 is 5.97 Å². The lowest BCUT2D eigenvalue weighted by Gasteiger charge is -2.15. The number of carbonyl (C=O) groups is 2. The highest BCUT2D eigenvalue weighted by Gasteiger charge is 2.21. The van der Waals surface area contributed by atoms with Crippen LogP contribution in [0.1, 0.15) is 17.0 Å². The van der Waals surface area contributed by atoms with E-state index in [1.54, 1.807) is 48.5 Å². The van der Waals surface area contributed by atoms with Gasteiger partial charge in [0.2, 0.25) is 5.89 Å². The van der Waals surface area contributed by atoms with Crippen molar-refractivity contribution < 1.29 is 33.3 Å². The van der Waals surface area contributed by atoms with E-state index in [0.29, 0.717) is 36.2 Å². The Balaban J connectivity index is 1.25. The number of ether oxygens (including phenoxy) is 3. The van der Waals surface area contributed by atoms with Crippen LogP contribution in [-0.2, 0) is 22.4 Å². The molecule has 1 atom stereocenters. The predicted molar refractivity (Wildman–Crippen MR) is 144 cm³/mol. The largest absolute Gasteiger partial charge is 0.497 e. The van der Waals surface area contributed by atoms with E-state index < -0.39 is 17.9 Å². The molecule has 0 unspecified atom stereocenters. The van der Waals surface area contributed by atoms with E-state index in [-0.39, 0.29) is 13.0 Å². The topological polar surface area (TPSA) is 120 Å². The Kier molecular flexibility index (Phi) is 9.18. The van der Waals surface area contributed by atoms with Gasteiger partial charge in [0.15, 0.2) is 6.61 Å². The summed E-state index contributed by atoms with van der Waals surface area (Å²) in [5.74, 6) is 1.34. The van der Waals surface area contributed by atoms with Crippen molar-refractivity contribution >= 4 is 11.9 Å². The third kappa shape index (κ3) is 7.85. The van der Waals surface area contributed by atoms with E-state index in [1.165, 1.54) is 7.11 Å². The summed E-state index contributed by atoms with van der Waals surface area (Å²) in [5, 5.41) is 12.1. The molecule has 9 nitrogen and oxygen atoms in total. The number of aryl methyl sites for hydroxylation is 1. The molecule has 4 rings (SSSR count). The molecule has 9 heteroatoms. The van der Waals surface area contributed by atoms with Crippen molar-refractivity contribution in [3.63, 3.8) is 0 Å². The minimum Gasteiger partial charge on any atom is -0.497 e. The Bertz CT molecular complexity index is 1380. The van der Waals surface area contributed by atoms with Gasteiger partial charge in [-0.3, -0.25) is 4.79 Å². The SMILES string of the molecule is COc1cccc(OCC(=O)N[C@@H](Cc2ccc(OCCc3nc(-c4ccccc4)oc3C)cc2)C(=O)O)c1. The van der Waals surface area contributed by atoms with E-state index in [2.05, 4.69) is 10.3 Å². The monoisotopic (exact) mass is 530 g/mol. The molecule has 0 radical (unpaired) electrons. The summed E-state index contributed by atoms with van der Waals surface area (Å²) in [6, 6.07) is 22.5. The maximum absolute atomic E-state index is 12.3. The van der Waals surface area contributed by atoms with Crippen molar-refractivity contribution in [1.29, 1.82) is 0 Å². The molecule has 0 bridgehead atoms. The molecule has 0 fully saturated rings. The van der Waals surface area contributed by atoms with Gasteiger partial charge in [0, 0.05) is 24.5 Å². The predicted octanol–water partition coefficient (Wildman–Crippen LogP) is 4.47. The van der Waals surface area contributed by atoms with Crippen LogP contribution in [0.2, 0.25) is 0 Å². The second-order valence-corrected chi connectivity index (χ2v) is 8.76. The smallest absolute Gasteiger partial charge is 0.326 e. The standard InChI is InChI=1S/C30H30N2O7/c1-20-26(32-29(39-20)22-7-4-3-5-8-22)15-16-37-23-13-11-21(12-14-23)17-27(30(34)35)31-28(33)19-38-25-10-6-9-24(18-25)36-2/h3-14,18,27H,15-17,19H2,1-2H3,(H,31,33)(H,34,35)/t27-/m0/s1. The first-order valence-corrected chi connectivity index (χ1v) is 12.4. The van der Waals surface area contributed by atoms with Crippen LogP contribution in [0.3, 0.4) is 0 Å². The van der Waals surface area contributed by atoms with Gasteiger partial charge in [-0.2, -0.15) is 0 Å². The molecule has 0 aliphatic heterocycles. The maximum atomic E-state index is 12.3. The molecule has 202 valence electrons. The van der Waals surface area contributed by atoms with Crippen LogP contribution >= 0.6 is 0 Å². The molecule has 1 amide bonds. The normalized spacial score (nSPS) is 11.4. The molecule has 0 saturated heterocycles. The van der Waals surface area contributed by atoms with Crippen molar-refractivity contribution in [1.82, 2.24) is 10.3 Å². The fourth-order valence-corrected chi connectivity index (χ4v) is 3.86. The molecule has 39 heavy (non-hydrogen) atoms. The van der Waals surface area contributed by atoms with Crippen LogP contribution in [0.15, 0.2) is 83.3 Å². The lowest BCUT2D eigenvalue weighted by atomic mass is 10.1. The van der Waals surface area contributed by atoms with Gasteiger partial charge in [0.25, 0.3) is 5.91 Å². The highest BCUT2D eigenvalue weighted by Crippen LogP contribution is 2.22. The van der Waals surface area contributed by atoms with E-state index in [9.17, 15) is 14.7 Å². The second kappa shape index (κ2) is 13.1. The zero-order chi connectivity index (χ0) is 27.6. The van der Waals surface area contributed by atoms with Crippen LogP contribution in [0, 0.1) is 6.92 Å². The maximum Gasteiger partial charge on any atom is 0.326 e. The summed E-state index contributed by atoms with van der Waals surface area (Å²) in [6.45, 7) is 1.97. The third-order valence-corrected chi connectivity index (χ3v) is 5.93. The fraction of sp³-hybridized carbons (Fsp3) is 0.233. The van der Waals surface area contributed by atoms with E-state index in [0.717, 1.165) is 22.6 Å². The molecule has 3 aromatic carbocycles. The van der Waals surface area contributed by atoms with Crippen LogP contribution in [-0.4, -0.2) is 48.3 Å². The number of carbonyl (C=O) groups excluding carboxylic acids is 1. The number of aromatic nitrogens is 1. The summed E-state index contributed by atoms with van der Waals surface area (Å²) < 4.78 is 22.2. The Morgan fingerprint density at radius 2 is 1.69 bits per heavy atom. The number of rotatable bonds is 13.